The standard InChI is InChI=1S/C38H46N10O3/c1-26(2)51-33-12-7-28(22-41-33)35(40)31-21-30(10-11-32(31)39)48-16-14-38(37(48)50)13-4-15-45(24-38)23-34(49)47-19-17-46(18-20-47)29-8-5-27(6-9-29)36-42-25-44(3)43-36/h5-12,21-22,25-26,40H,4,13-20,23-24,39H2,1-3H3/p+1/t38-/m0/s1. The average Bonchev–Trinajstić information content (AvgIpc) is 3.71. The SMILES string of the molecule is CC(C)Oc1ccc(C(=[NH2+])c2cc(N3CC[C@]4(CCCN(CC(=O)N5CCN(c6ccc(-c7ncn(C)n7)cc6)CC5)C4)C3=O)ccc2N)cn1. The molecule has 0 saturated carbocycles. The molecule has 3 aliphatic rings. The van der Waals surface area contributed by atoms with Crippen LogP contribution in [0.25, 0.3) is 11.4 Å². The van der Waals surface area contributed by atoms with Crippen molar-refractivity contribution in [2.75, 3.05) is 67.9 Å². The van der Waals surface area contributed by atoms with Crippen LogP contribution in [0.5, 0.6) is 5.88 Å². The molecule has 7 rings (SSSR count). The molecule has 51 heavy (non-hydrogen) atoms. The highest BCUT2D eigenvalue weighted by Gasteiger charge is 2.49. The van der Waals surface area contributed by atoms with Crippen molar-refractivity contribution in [2.45, 2.75) is 39.2 Å². The average molecular weight is 692 g/mol. The maximum Gasteiger partial charge on any atom is 0.236 e. The van der Waals surface area contributed by atoms with Crippen LogP contribution >= 0.6 is 0 Å². The fraction of sp³-hybridized carbons (Fsp3) is 0.421. The molecular weight excluding hydrogens is 644 g/mol. The summed E-state index contributed by atoms with van der Waals surface area (Å²) in [4.78, 5) is 44.7. The molecular formula is C38H47N10O3+. The summed E-state index contributed by atoms with van der Waals surface area (Å²) in [7, 11) is 1.86. The minimum Gasteiger partial charge on any atom is -0.475 e. The van der Waals surface area contributed by atoms with Gasteiger partial charge in [-0.25, -0.2) is 9.97 Å². The van der Waals surface area contributed by atoms with Crippen LogP contribution in [0, 0.1) is 5.41 Å². The number of likely N-dealkylation sites (tertiary alicyclic amines) is 1. The number of pyridine rings is 1. The van der Waals surface area contributed by atoms with Gasteiger partial charge in [-0.3, -0.25) is 24.6 Å². The third-order valence-electron chi connectivity index (χ3n) is 10.3. The van der Waals surface area contributed by atoms with Gasteiger partial charge < -0.3 is 25.2 Å². The summed E-state index contributed by atoms with van der Waals surface area (Å²) < 4.78 is 7.36. The Kier molecular flexibility index (Phi) is 9.47. The molecule has 4 aromatic rings. The number of hydrogen-bond acceptors (Lipinski definition) is 9. The molecule has 2 aromatic carbocycles. The monoisotopic (exact) mass is 691 g/mol. The lowest BCUT2D eigenvalue weighted by Crippen LogP contribution is -2.54. The van der Waals surface area contributed by atoms with Crippen molar-refractivity contribution in [3.63, 3.8) is 0 Å². The van der Waals surface area contributed by atoms with Crippen molar-refractivity contribution >= 4 is 34.6 Å². The Bertz CT molecular complexity index is 1900. The second-order valence-corrected chi connectivity index (χ2v) is 14.2. The van der Waals surface area contributed by atoms with Crippen molar-refractivity contribution in [1.29, 1.82) is 0 Å². The maximum atomic E-state index is 14.1. The van der Waals surface area contributed by atoms with Gasteiger partial charge in [-0.1, -0.05) is 0 Å². The van der Waals surface area contributed by atoms with E-state index in [4.69, 9.17) is 15.9 Å². The Morgan fingerprint density at radius 3 is 2.41 bits per heavy atom. The number of rotatable bonds is 9. The van der Waals surface area contributed by atoms with Gasteiger partial charge in [-0.05, 0) is 88.2 Å². The second-order valence-electron chi connectivity index (χ2n) is 14.2. The number of nitrogens with two attached hydrogens (primary N) is 2. The third kappa shape index (κ3) is 7.16. The summed E-state index contributed by atoms with van der Waals surface area (Å²) >= 11 is 0. The molecule has 2 aromatic heterocycles. The number of amides is 2. The van der Waals surface area contributed by atoms with E-state index in [1.165, 1.54) is 0 Å². The van der Waals surface area contributed by atoms with Gasteiger partial charge in [0, 0.05) is 81.2 Å². The number of nitrogens with zero attached hydrogens (tertiary/aromatic N) is 8. The van der Waals surface area contributed by atoms with Crippen LogP contribution in [0.15, 0.2) is 67.1 Å². The van der Waals surface area contributed by atoms with Crippen LogP contribution in [-0.2, 0) is 16.6 Å². The first kappa shape index (κ1) is 34.2. The fourth-order valence-electron chi connectivity index (χ4n) is 7.56. The van der Waals surface area contributed by atoms with Gasteiger partial charge in [-0.2, -0.15) is 5.10 Å². The van der Waals surface area contributed by atoms with E-state index in [0.29, 0.717) is 61.4 Å². The number of hydrogen-bond donors (Lipinski definition) is 2. The number of nitrogen functional groups attached to an aromatic ring is 1. The minimum absolute atomic E-state index is 0.0174. The molecule has 3 fully saturated rings. The van der Waals surface area contributed by atoms with Crippen LogP contribution in [0.4, 0.5) is 17.1 Å². The fourth-order valence-corrected chi connectivity index (χ4v) is 7.56. The Balaban J connectivity index is 0.948. The van der Waals surface area contributed by atoms with Crippen LogP contribution in [0.2, 0.25) is 0 Å². The van der Waals surface area contributed by atoms with Crippen LogP contribution in [0.3, 0.4) is 0 Å². The van der Waals surface area contributed by atoms with Gasteiger partial charge in [-0.15, -0.1) is 0 Å². The predicted molar refractivity (Wildman–Crippen MR) is 196 cm³/mol. The Labute approximate surface area is 298 Å². The highest BCUT2D eigenvalue weighted by Crippen LogP contribution is 2.42. The van der Waals surface area contributed by atoms with Gasteiger partial charge in [0.15, 0.2) is 5.82 Å². The van der Waals surface area contributed by atoms with E-state index in [9.17, 15) is 9.59 Å². The first-order valence-corrected chi connectivity index (χ1v) is 17.8. The second kappa shape index (κ2) is 14.1. The van der Waals surface area contributed by atoms with Gasteiger partial charge in [0.05, 0.1) is 29.2 Å². The Morgan fingerprint density at radius 1 is 0.961 bits per heavy atom. The highest BCUT2D eigenvalue weighted by atomic mass is 16.5. The lowest BCUT2D eigenvalue weighted by atomic mass is 9.78. The molecule has 1 spiro atoms. The molecule has 2 amide bonds. The summed E-state index contributed by atoms with van der Waals surface area (Å²) in [5, 5.41) is 11.0. The zero-order chi connectivity index (χ0) is 35.7. The smallest absolute Gasteiger partial charge is 0.236 e. The van der Waals surface area contributed by atoms with E-state index < -0.39 is 5.41 Å². The van der Waals surface area contributed by atoms with E-state index in [0.717, 1.165) is 61.4 Å². The van der Waals surface area contributed by atoms with Gasteiger partial charge in [0.25, 0.3) is 0 Å². The van der Waals surface area contributed by atoms with Crippen molar-refractivity contribution in [1.82, 2.24) is 29.5 Å². The lowest BCUT2D eigenvalue weighted by molar-refractivity contribution is -0.136. The number of aromatic nitrogens is 4. The number of anilines is 3. The molecule has 13 heteroatoms. The van der Waals surface area contributed by atoms with Crippen LogP contribution in [-0.4, -0.2) is 106 Å². The number of aryl methyl sites for hydroxylation is 1. The van der Waals surface area contributed by atoms with E-state index in [2.05, 4.69) is 37.0 Å². The summed E-state index contributed by atoms with van der Waals surface area (Å²) in [6, 6.07) is 17.5. The number of piperazine rings is 1. The Morgan fingerprint density at radius 2 is 1.73 bits per heavy atom. The van der Waals surface area contributed by atoms with Crippen molar-refractivity contribution < 1.29 is 19.7 Å². The third-order valence-corrected chi connectivity index (χ3v) is 10.3. The number of benzene rings is 2. The van der Waals surface area contributed by atoms with E-state index >= 15 is 0 Å². The molecule has 1 atom stereocenters. The zero-order valence-corrected chi connectivity index (χ0v) is 29.7. The first-order valence-electron chi connectivity index (χ1n) is 17.8. The number of carbonyl (C=O) groups is 2. The van der Waals surface area contributed by atoms with Gasteiger partial charge in [0.2, 0.25) is 23.4 Å². The van der Waals surface area contributed by atoms with E-state index in [1.807, 2.05) is 61.0 Å². The summed E-state index contributed by atoms with van der Waals surface area (Å²) in [6.45, 7) is 9.09. The first-order chi connectivity index (χ1) is 24.6. The molecule has 266 valence electrons. The van der Waals surface area contributed by atoms with Crippen molar-refractivity contribution in [2.24, 2.45) is 12.5 Å². The molecule has 3 saturated heterocycles. The topological polar surface area (TPSA) is 152 Å². The number of carbonyl (C=O) groups excluding carboxylic acids is 2. The van der Waals surface area contributed by atoms with Crippen LogP contribution < -0.4 is 25.7 Å². The molecule has 3 aliphatic heterocycles. The van der Waals surface area contributed by atoms with Crippen molar-refractivity contribution in [3.05, 3.63) is 78.2 Å². The highest BCUT2D eigenvalue weighted by molar-refractivity contribution is 6.13. The van der Waals surface area contributed by atoms with Gasteiger partial charge in [0.1, 0.15) is 6.33 Å². The maximum absolute atomic E-state index is 14.1. The summed E-state index contributed by atoms with van der Waals surface area (Å²) in [5.74, 6) is 1.46. The predicted octanol–water partition coefficient (Wildman–Crippen LogP) is 2.01. The number of ether oxygens (including phenoxy) is 1. The Hall–Kier alpha value is -5.30. The van der Waals surface area contributed by atoms with Crippen LogP contribution in [0.1, 0.15) is 44.2 Å². The van der Waals surface area contributed by atoms with E-state index in [1.54, 1.807) is 29.3 Å². The minimum atomic E-state index is -0.513. The molecule has 13 nitrogen and oxygen atoms in total. The van der Waals surface area contributed by atoms with Crippen molar-refractivity contribution in [3.8, 4) is 17.3 Å². The normalized spacial score (nSPS) is 19.7. The van der Waals surface area contributed by atoms with E-state index in [-0.39, 0.29) is 17.9 Å². The molecule has 5 heterocycles. The summed E-state index contributed by atoms with van der Waals surface area (Å²) in [5.41, 5.74) is 11.1. The van der Waals surface area contributed by atoms with Gasteiger partial charge >= 0.3 is 0 Å². The molecule has 0 bridgehead atoms. The largest absolute Gasteiger partial charge is 0.475 e. The lowest BCUT2D eigenvalue weighted by Gasteiger charge is -2.40. The zero-order valence-electron chi connectivity index (χ0n) is 29.7. The summed E-state index contributed by atoms with van der Waals surface area (Å²) in [6.07, 6.45) is 5.82. The molecule has 0 radical (unpaired) electrons. The molecule has 0 unspecified atom stereocenters. The number of piperidine rings is 1. The molecule has 0 aliphatic carbocycles. The quantitative estimate of drug-likeness (QED) is 0.199. The molecule has 4 N–H and O–H groups in total.